The van der Waals surface area contributed by atoms with E-state index in [0.29, 0.717) is 18.5 Å². The molecular weight excluding hydrogens is 292 g/mol. The number of rotatable bonds is 6. The number of ether oxygens (including phenoxy) is 1. The van der Waals surface area contributed by atoms with Gasteiger partial charge in [-0.15, -0.1) is 0 Å². The average molecular weight is 316 g/mol. The summed E-state index contributed by atoms with van der Waals surface area (Å²) >= 11 is 0. The van der Waals surface area contributed by atoms with Gasteiger partial charge in [0, 0.05) is 19.6 Å². The highest BCUT2D eigenvalue weighted by atomic mass is 16.5. The molecule has 1 aliphatic rings. The smallest absolute Gasteiger partial charge is 0.239 e. The van der Waals surface area contributed by atoms with E-state index in [-0.39, 0.29) is 12.5 Å². The van der Waals surface area contributed by atoms with Crippen molar-refractivity contribution in [2.45, 2.75) is 25.4 Å². The second kappa shape index (κ2) is 8.82. The summed E-state index contributed by atoms with van der Waals surface area (Å²) in [6.07, 6.45) is 6.27. The summed E-state index contributed by atoms with van der Waals surface area (Å²) in [7, 11) is 3.33. The van der Waals surface area contributed by atoms with E-state index < -0.39 is 0 Å². The summed E-state index contributed by atoms with van der Waals surface area (Å²) < 4.78 is 5.10. The molecule has 0 spiro atoms. The Kier molecular flexibility index (Phi) is 6.47. The maximum atomic E-state index is 11.9. The van der Waals surface area contributed by atoms with E-state index in [2.05, 4.69) is 33.1 Å². The lowest BCUT2D eigenvalue weighted by atomic mass is 10.2. The van der Waals surface area contributed by atoms with Gasteiger partial charge in [0.15, 0.2) is 5.96 Å². The lowest BCUT2D eigenvalue weighted by Gasteiger charge is -2.16. The molecule has 1 amide bonds. The predicted molar refractivity (Wildman–Crippen MR) is 91.5 cm³/mol. The Balaban J connectivity index is 1.69. The Bertz CT molecular complexity index is 558. The van der Waals surface area contributed by atoms with Gasteiger partial charge < -0.3 is 20.7 Å². The van der Waals surface area contributed by atoms with E-state index in [1.54, 1.807) is 14.2 Å². The summed E-state index contributed by atoms with van der Waals surface area (Å²) in [4.78, 5) is 16.0. The number of aliphatic imine (C=N–C) groups is 1. The Morgan fingerprint density at radius 2 is 1.91 bits per heavy atom. The molecule has 23 heavy (non-hydrogen) atoms. The molecule has 0 saturated heterocycles. The third-order valence-corrected chi connectivity index (χ3v) is 3.64. The van der Waals surface area contributed by atoms with Gasteiger partial charge in [-0.2, -0.15) is 0 Å². The number of carbonyl (C=O) groups is 1. The minimum Gasteiger partial charge on any atom is -0.497 e. The summed E-state index contributed by atoms with van der Waals surface area (Å²) in [5.74, 6) is 1.38. The molecule has 0 fully saturated rings. The molecule has 0 atom stereocenters. The quantitative estimate of drug-likeness (QED) is 0.419. The standard InChI is InChI=1S/C17H24N4O2/c1-18-17(21-14-5-3-4-6-14)20-12-16(22)19-11-13-7-9-15(23-2)10-8-13/h3-4,7-10,14H,5-6,11-12H2,1-2H3,(H,19,22)(H2,18,20,21). The predicted octanol–water partition coefficient (Wildman–Crippen LogP) is 1.20. The van der Waals surface area contributed by atoms with Gasteiger partial charge in [-0.05, 0) is 30.5 Å². The van der Waals surface area contributed by atoms with Crippen LogP contribution in [0, 0.1) is 0 Å². The molecule has 6 nitrogen and oxygen atoms in total. The van der Waals surface area contributed by atoms with Crippen LogP contribution in [0.5, 0.6) is 5.75 Å². The number of amides is 1. The first-order valence-electron chi connectivity index (χ1n) is 7.73. The highest BCUT2D eigenvalue weighted by molar-refractivity contribution is 5.86. The van der Waals surface area contributed by atoms with Gasteiger partial charge in [-0.1, -0.05) is 24.3 Å². The van der Waals surface area contributed by atoms with Crippen LogP contribution in [0.15, 0.2) is 41.4 Å². The van der Waals surface area contributed by atoms with Crippen LogP contribution in [-0.2, 0) is 11.3 Å². The van der Waals surface area contributed by atoms with Crippen LogP contribution < -0.4 is 20.7 Å². The monoisotopic (exact) mass is 316 g/mol. The summed E-state index contributed by atoms with van der Waals surface area (Å²) in [6, 6.07) is 7.98. The molecule has 0 heterocycles. The van der Waals surface area contributed by atoms with Crippen molar-refractivity contribution in [1.82, 2.24) is 16.0 Å². The number of hydrogen-bond acceptors (Lipinski definition) is 3. The molecular formula is C17H24N4O2. The van der Waals surface area contributed by atoms with Crippen LogP contribution in [0.3, 0.4) is 0 Å². The zero-order valence-corrected chi connectivity index (χ0v) is 13.6. The first-order chi connectivity index (χ1) is 11.2. The van der Waals surface area contributed by atoms with Gasteiger partial charge in [0.1, 0.15) is 5.75 Å². The molecule has 3 N–H and O–H groups in total. The van der Waals surface area contributed by atoms with E-state index in [1.165, 1.54) is 0 Å². The van der Waals surface area contributed by atoms with Crippen molar-refractivity contribution in [2.75, 3.05) is 20.7 Å². The van der Waals surface area contributed by atoms with Gasteiger partial charge in [0.25, 0.3) is 0 Å². The minimum atomic E-state index is -0.0756. The van der Waals surface area contributed by atoms with E-state index in [0.717, 1.165) is 24.2 Å². The SMILES string of the molecule is CN=C(NCC(=O)NCc1ccc(OC)cc1)NC1CC=CC1. The maximum Gasteiger partial charge on any atom is 0.239 e. The van der Waals surface area contributed by atoms with Gasteiger partial charge in [0.05, 0.1) is 13.7 Å². The van der Waals surface area contributed by atoms with Gasteiger partial charge >= 0.3 is 0 Å². The Morgan fingerprint density at radius 3 is 2.52 bits per heavy atom. The third kappa shape index (κ3) is 5.65. The molecule has 1 aromatic rings. The highest BCUT2D eigenvalue weighted by Gasteiger charge is 2.12. The fraction of sp³-hybridized carbons (Fsp3) is 0.412. The van der Waals surface area contributed by atoms with Crippen LogP contribution in [0.25, 0.3) is 0 Å². The van der Waals surface area contributed by atoms with E-state index >= 15 is 0 Å². The molecule has 2 rings (SSSR count). The lowest BCUT2D eigenvalue weighted by Crippen LogP contribution is -2.46. The lowest BCUT2D eigenvalue weighted by molar-refractivity contribution is -0.120. The molecule has 6 heteroatoms. The average Bonchev–Trinajstić information content (AvgIpc) is 3.10. The zero-order chi connectivity index (χ0) is 16.5. The van der Waals surface area contributed by atoms with Crippen LogP contribution in [0.1, 0.15) is 18.4 Å². The number of guanidine groups is 1. The number of carbonyl (C=O) groups excluding carboxylic acids is 1. The first kappa shape index (κ1) is 16.9. The van der Waals surface area contributed by atoms with E-state index in [4.69, 9.17) is 4.74 Å². The number of nitrogens with zero attached hydrogens (tertiary/aromatic N) is 1. The van der Waals surface area contributed by atoms with Gasteiger partial charge in [-0.25, -0.2) is 0 Å². The normalized spacial score (nSPS) is 14.6. The summed E-state index contributed by atoms with van der Waals surface area (Å²) in [5, 5.41) is 9.19. The fourth-order valence-electron chi connectivity index (χ4n) is 2.29. The van der Waals surface area contributed by atoms with Crippen molar-refractivity contribution in [3.05, 3.63) is 42.0 Å². The molecule has 1 aromatic carbocycles. The first-order valence-corrected chi connectivity index (χ1v) is 7.73. The number of hydrogen-bond donors (Lipinski definition) is 3. The number of methoxy groups -OCH3 is 1. The topological polar surface area (TPSA) is 74.8 Å². The largest absolute Gasteiger partial charge is 0.497 e. The molecule has 0 unspecified atom stereocenters. The second-order valence-electron chi connectivity index (χ2n) is 5.33. The van der Waals surface area contributed by atoms with Crippen molar-refractivity contribution >= 4 is 11.9 Å². The molecule has 0 aliphatic heterocycles. The highest BCUT2D eigenvalue weighted by Crippen LogP contribution is 2.11. The van der Waals surface area contributed by atoms with E-state index in [1.807, 2.05) is 24.3 Å². The summed E-state index contributed by atoms with van der Waals surface area (Å²) in [6.45, 7) is 0.680. The Labute approximate surface area is 137 Å². The maximum absolute atomic E-state index is 11.9. The van der Waals surface area contributed by atoms with Gasteiger partial charge in [0.2, 0.25) is 5.91 Å². The Hall–Kier alpha value is -2.50. The van der Waals surface area contributed by atoms with Crippen molar-refractivity contribution in [2.24, 2.45) is 4.99 Å². The fourth-order valence-corrected chi connectivity index (χ4v) is 2.29. The molecule has 1 aliphatic carbocycles. The van der Waals surface area contributed by atoms with Crippen LogP contribution in [0.4, 0.5) is 0 Å². The minimum absolute atomic E-state index is 0.0756. The van der Waals surface area contributed by atoms with Crippen molar-refractivity contribution < 1.29 is 9.53 Å². The van der Waals surface area contributed by atoms with Crippen LogP contribution in [0.2, 0.25) is 0 Å². The molecule has 0 radical (unpaired) electrons. The number of nitrogens with one attached hydrogen (secondary N) is 3. The van der Waals surface area contributed by atoms with Crippen molar-refractivity contribution in [3.63, 3.8) is 0 Å². The zero-order valence-electron chi connectivity index (χ0n) is 13.6. The summed E-state index contributed by atoms with van der Waals surface area (Å²) in [5.41, 5.74) is 1.03. The van der Waals surface area contributed by atoms with Crippen LogP contribution in [-0.4, -0.2) is 38.6 Å². The molecule has 0 aromatic heterocycles. The Morgan fingerprint density at radius 1 is 1.22 bits per heavy atom. The molecule has 124 valence electrons. The van der Waals surface area contributed by atoms with Crippen LogP contribution >= 0.6 is 0 Å². The van der Waals surface area contributed by atoms with E-state index in [9.17, 15) is 4.79 Å². The number of benzene rings is 1. The van der Waals surface area contributed by atoms with Gasteiger partial charge in [-0.3, -0.25) is 9.79 Å². The van der Waals surface area contributed by atoms with Crippen molar-refractivity contribution in [1.29, 1.82) is 0 Å². The third-order valence-electron chi connectivity index (χ3n) is 3.64. The molecule has 0 bridgehead atoms. The molecule has 0 saturated carbocycles. The van der Waals surface area contributed by atoms with Crippen molar-refractivity contribution in [3.8, 4) is 5.75 Å². The second-order valence-corrected chi connectivity index (χ2v) is 5.33.